The summed E-state index contributed by atoms with van der Waals surface area (Å²) in [5.74, 6) is 1.91. The van der Waals surface area contributed by atoms with Crippen LogP contribution >= 0.6 is 0 Å². The van der Waals surface area contributed by atoms with Crippen molar-refractivity contribution in [3.8, 4) is 17.2 Å². The minimum Gasteiger partial charge on any atom is -0.489 e. The lowest BCUT2D eigenvalue weighted by Crippen LogP contribution is -2.10. The molecule has 2 rings (SSSR count). The second-order valence-electron chi connectivity index (χ2n) is 6.34. The molecule has 0 saturated carbocycles. The van der Waals surface area contributed by atoms with Crippen LogP contribution in [0, 0.1) is 0 Å². The Hall–Kier alpha value is -2.75. The first-order chi connectivity index (χ1) is 12.5. The Morgan fingerprint density at radius 2 is 1.50 bits per heavy atom. The third-order valence-corrected chi connectivity index (χ3v) is 3.57. The van der Waals surface area contributed by atoms with Crippen LogP contribution in [0.4, 0.5) is 0 Å². The molecule has 4 heteroatoms. The second-order valence-corrected chi connectivity index (χ2v) is 6.34. The fourth-order valence-corrected chi connectivity index (χ4v) is 2.24. The van der Waals surface area contributed by atoms with E-state index >= 15 is 0 Å². The molecule has 0 fully saturated rings. The van der Waals surface area contributed by atoms with Gasteiger partial charge in [0, 0.05) is 6.08 Å². The number of benzene rings is 2. The lowest BCUT2D eigenvalue weighted by Gasteiger charge is -2.10. The first kappa shape index (κ1) is 19.6. The van der Waals surface area contributed by atoms with Crippen LogP contribution < -0.4 is 9.47 Å². The molecule has 0 saturated heterocycles. The van der Waals surface area contributed by atoms with E-state index in [0.717, 1.165) is 23.5 Å². The summed E-state index contributed by atoms with van der Waals surface area (Å²) in [6, 6.07) is 15.5. The van der Waals surface area contributed by atoms with Crippen molar-refractivity contribution >= 4 is 5.97 Å². The molecular formula is C22H26O4. The molecule has 0 unspecified atom stereocenters. The Morgan fingerprint density at radius 1 is 0.962 bits per heavy atom. The number of hydrogen-bond donors (Lipinski definition) is 0. The molecule has 0 N–H and O–H groups in total. The zero-order valence-electron chi connectivity index (χ0n) is 15.8. The standard InChI is InChI=1S/C22H26O4/c1-5-18-6-8-20(9-7-18)26-21-12-10-19(11-13-21)24-15-17(4)14-22(23)25-16(2)3/h6-14,16H,5,15H2,1-4H3/b17-14+. The molecule has 138 valence electrons. The smallest absolute Gasteiger partial charge is 0.331 e. The van der Waals surface area contributed by atoms with E-state index in [4.69, 9.17) is 14.2 Å². The molecule has 0 heterocycles. The van der Waals surface area contributed by atoms with Gasteiger partial charge in [-0.25, -0.2) is 4.79 Å². The predicted octanol–water partition coefficient (Wildman–Crippen LogP) is 5.32. The summed E-state index contributed by atoms with van der Waals surface area (Å²) in [5.41, 5.74) is 2.08. The highest BCUT2D eigenvalue weighted by atomic mass is 16.5. The van der Waals surface area contributed by atoms with Crippen molar-refractivity contribution in [2.75, 3.05) is 6.61 Å². The predicted molar refractivity (Wildman–Crippen MR) is 103 cm³/mol. The maximum atomic E-state index is 11.6. The Morgan fingerprint density at radius 3 is 2.04 bits per heavy atom. The van der Waals surface area contributed by atoms with Crippen LogP contribution in [0.3, 0.4) is 0 Å². The molecule has 0 radical (unpaired) electrons. The lowest BCUT2D eigenvalue weighted by atomic mass is 10.2. The van der Waals surface area contributed by atoms with Crippen molar-refractivity contribution in [2.45, 2.75) is 40.2 Å². The zero-order chi connectivity index (χ0) is 18.9. The molecular weight excluding hydrogens is 328 g/mol. The van der Waals surface area contributed by atoms with E-state index in [-0.39, 0.29) is 12.1 Å². The van der Waals surface area contributed by atoms with Crippen molar-refractivity contribution in [3.63, 3.8) is 0 Å². The minimum atomic E-state index is -0.348. The number of rotatable bonds is 8. The maximum Gasteiger partial charge on any atom is 0.331 e. The van der Waals surface area contributed by atoms with Gasteiger partial charge in [-0.1, -0.05) is 19.1 Å². The van der Waals surface area contributed by atoms with Crippen LogP contribution in [0.5, 0.6) is 17.2 Å². The van der Waals surface area contributed by atoms with E-state index in [0.29, 0.717) is 12.4 Å². The molecule has 26 heavy (non-hydrogen) atoms. The summed E-state index contributed by atoms with van der Waals surface area (Å²) in [6.45, 7) is 7.92. The number of aryl methyl sites for hydroxylation is 1. The van der Waals surface area contributed by atoms with Gasteiger partial charge >= 0.3 is 5.97 Å². The maximum absolute atomic E-state index is 11.6. The Kier molecular flexibility index (Phi) is 7.27. The monoisotopic (exact) mass is 354 g/mol. The van der Waals surface area contributed by atoms with Crippen molar-refractivity contribution in [1.29, 1.82) is 0 Å². The van der Waals surface area contributed by atoms with Crippen LogP contribution in [-0.4, -0.2) is 18.7 Å². The minimum absolute atomic E-state index is 0.127. The van der Waals surface area contributed by atoms with Gasteiger partial charge < -0.3 is 14.2 Å². The second kappa shape index (κ2) is 9.66. The van der Waals surface area contributed by atoms with Crippen LogP contribution in [0.1, 0.15) is 33.3 Å². The Balaban J connectivity index is 1.86. The third-order valence-electron chi connectivity index (χ3n) is 3.57. The summed E-state index contributed by atoms with van der Waals surface area (Å²) >= 11 is 0. The van der Waals surface area contributed by atoms with Gasteiger partial charge in [-0.3, -0.25) is 0 Å². The number of carbonyl (C=O) groups is 1. The summed E-state index contributed by atoms with van der Waals surface area (Å²) in [4.78, 5) is 11.6. The fraction of sp³-hybridized carbons (Fsp3) is 0.318. The number of carbonyl (C=O) groups excluding carboxylic acids is 1. The number of esters is 1. The van der Waals surface area contributed by atoms with Gasteiger partial charge in [-0.2, -0.15) is 0 Å². The van der Waals surface area contributed by atoms with E-state index in [2.05, 4.69) is 19.1 Å². The van der Waals surface area contributed by atoms with Crippen molar-refractivity contribution < 1.29 is 19.0 Å². The Labute approximate surface area is 155 Å². The molecule has 0 spiro atoms. The third kappa shape index (κ3) is 6.63. The summed E-state index contributed by atoms with van der Waals surface area (Å²) in [7, 11) is 0. The topological polar surface area (TPSA) is 44.8 Å². The van der Waals surface area contributed by atoms with E-state index in [1.165, 1.54) is 11.6 Å². The van der Waals surface area contributed by atoms with Gasteiger partial charge in [0.15, 0.2) is 0 Å². The van der Waals surface area contributed by atoms with Crippen LogP contribution in [0.2, 0.25) is 0 Å². The van der Waals surface area contributed by atoms with E-state index in [1.807, 2.05) is 57.2 Å². The molecule has 0 atom stereocenters. The molecule has 0 aromatic heterocycles. The summed E-state index contributed by atoms with van der Waals surface area (Å²) in [5, 5.41) is 0. The molecule has 2 aromatic carbocycles. The van der Waals surface area contributed by atoms with Crippen molar-refractivity contribution in [3.05, 3.63) is 65.7 Å². The van der Waals surface area contributed by atoms with Gasteiger partial charge in [0.25, 0.3) is 0 Å². The zero-order valence-corrected chi connectivity index (χ0v) is 15.8. The highest BCUT2D eigenvalue weighted by molar-refractivity contribution is 5.82. The molecule has 2 aromatic rings. The van der Waals surface area contributed by atoms with Gasteiger partial charge in [-0.05, 0) is 74.7 Å². The van der Waals surface area contributed by atoms with Crippen LogP contribution in [0.25, 0.3) is 0 Å². The quantitative estimate of drug-likeness (QED) is 0.475. The lowest BCUT2D eigenvalue weighted by molar-refractivity contribution is -0.141. The molecule has 0 aliphatic heterocycles. The first-order valence-corrected chi connectivity index (χ1v) is 8.83. The fourth-order valence-electron chi connectivity index (χ4n) is 2.24. The highest BCUT2D eigenvalue weighted by Crippen LogP contribution is 2.24. The van der Waals surface area contributed by atoms with Gasteiger partial charge in [0.05, 0.1) is 6.10 Å². The summed E-state index contributed by atoms with van der Waals surface area (Å²) in [6.07, 6.45) is 2.34. The molecule has 0 bridgehead atoms. The molecule has 0 aliphatic carbocycles. The van der Waals surface area contributed by atoms with Gasteiger partial charge in [0.2, 0.25) is 0 Å². The van der Waals surface area contributed by atoms with Crippen LogP contribution in [-0.2, 0) is 16.0 Å². The SMILES string of the molecule is CCc1ccc(Oc2ccc(OC/C(C)=C/C(=O)OC(C)C)cc2)cc1. The van der Waals surface area contributed by atoms with Crippen molar-refractivity contribution in [2.24, 2.45) is 0 Å². The number of ether oxygens (including phenoxy) is 3. The van der Waals surface area contributed by atoms with E-state index in [1.54, 1.807) is 0 Å². The first-order valence-electron chi connectivity index (χ1n) is 8.83. The molecule has 0 aliphatic rings. The van der Waals surface area contributed by atoms with Gasteiger partial charge in [0.1, 0.15) is 23.9 Å². The normalized spacial score (nSPS) is 11.3. The van der Waals surface area contributed by atoms with E-state index < -0.39 is 0 Å². The van der Waals surface area contributed by atoms with Gasteiger partial charge in [-0.15, -0.1) is 0 Å². The molecule has 4 nitrogen and oxygen atoms in total. The van der Waals surface area contributed by atoms with E-state index in [9.17, 15) is 4.79 Å². The average Bonchev–Trinajstić information content (AvgIpc) is 2.61. The largest absolute Gasteiger partial charge is 0.489 e. The highest BCUT2D eigenvalue weighted by Gasteiger charge is 2.04. The van der Waals surface area contributed by atoms with Crippen LogP contribution in [0.15, 0.2) is 60.2 Å². The van der Waals surface area contributed by atoms with Crippen molar-refractivity contribution in [1.82, 2.24) is 0 Å². The summed E-state index contributed by atoms with van der Waals surface area (Å²) < 4.78 is 16.6. The Bertz CT molecular complexity index is 728. The average molecular weight is 354 g/mol. The number of hydrogen-bond acceptors (Lipinski definition) is 4. The molecule has 0 amide bonds.